The molecule has 2 amide bonds. The van der Waals surface area contributed by atoms with Crippen molar-refractivity contribution in [1.82, 2.24) is 14.3 Å². The SMILES string of the molecule is CCOCC1CN(C(=O)Nc2cnc3ccccn23)CCO1. The Bertz CT molecular complexity index is 643. The predicted octanol–water partition coefficient (Wildman–Crippen LogP) is 1.60. The Hall–Kier alpha value is -2.12. The number of fused-ring (bicyclic) bond motifs is 1. The number of carbonyl (C=O) groups excluding carboxylic acids is 1. The van der Waals surface area contributed by atoms with Gasteiger partial charge in [0.15, 0.2) is 0 Å². The molecule has 0 bridgehead atoms. The standard InChI is InChI=1S/C15H20N4O3/c1-2-21-11-12-10-18(7-8-22-12)15(20)17-14-9-16-13-5-3-4-6-19(13)14/h3-6,9,12H,2,7-8,10-11H2,1H3,(H,17,20). The van der Waals surface area contributed by atoms with Crippen LogP contribution in [-0.2, 0) is 9.47 Å². The Balaban J connectivity index is 1.64. The number of nitrogens with zero attached hydrogens (tertiary/aromatic N) is 3. The van der Waals surface area contributed by atoms with Crippen LogP contribution in [0.2, 0.25) is 0 Å². The van der Waals surface area contributed by atoms with Gasteiger partial charge in [-0.25, -0.2) is 9.78 Å². The molecule has 1 saturated heterocycles. The van der Waals surface area contributed by atoms with Crippen LogP contribution in [0, 0.1) is 0 Å². The van der Waals surface area contributed by atoms with Crippen LogP contribution in [0.25, 0.3) is 5.65 Å². The average molecular weight is 304 g/mol. The van der Waals surface area contributed by atoms with Crippen molar-refractivity contribution in [3.8, 4) is 0 Å². The van der Waals surface area contributed by atoms with Gasteiger partial charge in [-0.05, 0) is 19.1 Å². The highest BCUT2D eigenvalue weighted by atomic mass is 16.5. The van der Waals surface area contributed by atoms with Gasteiger partial charge in [-0.2, -0.15) is 0 Å². The number of carbonyl (C=O) groups is 1. The first-order valence-electron chi connectivity index (χ1n) is 7.45. The minimum Gasteiger partial charge on any atom is -0.379 e. The molecule has 3 rings (SSSR count). The van der Waals surface area contributed by atoms with Gasteiger partial charge in [0.2, 0.25) is 0 Å². The molecule has 7 heteroatoms. The first kappa shape index (κ1) is 14.8. The van der Waals surface area contributed by atoms with Crippen molar-refractivity contribution in [1.29, 1.82) is 0 Å². The Morgan fingerprint density at radius 2 is 2.45 bits per heavy atom. The molecule has 1 aliphatic rings. The maximum atomic E-state index is 12.4. The molecule has 1 N–H and O–H groups in total. The number of amides is 2. The van der Waals surface area contributed by atoms with E-state index in [0.717, 1.165) is 5.65 Å². The van der Waals surface area contributed by atoms with E-state index in [1.807, 2.05) is 35.7 Å². The lowest BCUT2D eigenvalue weighted by Gasteiger charge is -2.32. The van der Waals surface area contributed by atoms with Crippen molar-refractivity contribution in [3.05, 3.63) is 30.6 Å². The van der Waals surface area contributed by atoms with E-state index in [4.69, 9.17) is 9.47 Å². The normalized spacial score (nSPS) is 18.6. The van der Waals surface area contributed by atoms with Gasteiger partial charge in [0, 0.05) is 19.3 Å². The molecule has 22 heavy (non-hydrogen) atoms. The summed E-state index contributed by atoms with van der Waals surface area (Å²) in [5, 5.41) is 2.90. The molecular weight excluding hydrogens is 284 g/mol. The minimum absolute atomic E-state index is 0.0679. The van der Waals surface area contributed by atoms with E-state index in [2.05, 4.69) is 10.3 Å². The van der Waals surface area contributed by atoms with Crippen molar-refractivity contribution in [2.75, 3.05) is 38.2 Å². The lowest BCUT2D eigenvalue weighted by molar-refractivity contribution is -0.0555. The summed E-state index contributed by atoms with van der Waals surface area (Å²) < 4.78 is 12.8. The van der Waals surface area contributed by atoms with Crippen LogP contribution in [0.5, 0.6) is 0 Å². The number of nitrogens with one attached hydrogen (secondary N) is 1. The zero-order chi connectivity index (χ0) is 15.4. The fraction of sp³-hybridized carbons (Fsp3) is 0.467. The molecule has 3 heterocycles. The number of urea groups is 1. The van der Waals surface area contributed by atoms with Crippen LogP contribution in [-0.4, -0.2) is 59.3 Å². The van der Waals surface area contributed by atoms with E-state index in [-0.39, 0.29) is 12.1 Å². The largest absolute Gasteiger partial charge is 0.379 e. The summed E-state index contributed by atoms with van der Waals surface area (Å²) in [6, 6.07) is 5.56. The van der Waals surface area contributed by atoms with Crippen molar-refractivity contribution in [3.63, 3.8) is 0 Å². The zero-order valence-corrected chi connectivity index (χ0v) is 12.6. The molecule has 1 unspecified atom stereocenters. The molecule has 0 radical (unpaired) electrons. The topological polar surface area (TPSA) is 68.1 Å². The van der Waals surface area contributed by atoms with Gasteiger partial charge in [-0.1, -0.05) is 6.07 Å². The highest BCUT2D eigenvalue weighted by molar-refractivity contribution is 5.88. The third-order valence-electron chi connectivity index (χ3n) is 3.59. The number of anilines is 1. The van der Waals surface area contributed by atoms with Crippen molar-refractivity contribution in [2.45, 2.75) is 13.0 Å². The number of morpholine rings is 1. The highest BCUT2D eigenvalue weighted by Gasteiger charge is 2.24. The van der Waals surface area contributed by atoms with Gasteiger partial charge in [0.05, 0.1) is 32.1 Å². The minimum atomic E-state index is -0.143. The summed E-state index contributed by atoms with van der Waals surface area (Å²) in [5.74, 6) is 0.661. The van der Waals surface area contributed by atoms with Crippen LogP contribution in [0.4, 0.5) is 10.6 Å². The molecular formula is C15H20N4O3. The van der Waals surface area contributed by atoms with Gasteiger partial charge in [0.25, 0.3) is 0 Å². The van der Waals surface area contributed by atoms with Crippen LogP contribution >= 0.6 is 0 Å². The summed E-state index contributed by atoms with van der Waals surface area (Å²) in [7, 11) is 0. The second-order valence-electron chi connectivity index (χ2n) is 5.10. The zero-order valence-electron chi connectivity index (χ0n) is 12.6. The number of hydrogen-bond acceptors (Lipinski definition) is 4. The van der Waals surface area contributed by atoms with Crippen molar-refractivity contribution >= 4 is 17.5 Å². The molecule has 2 aromatic heterocycles. The van der Waals surface area contributed by atoms with Gasteiger partial charge in [-0.3, -0.25) is 9.72 Å². The molecule has 2 aromatic rings. The molecule has 0 aromatic carbocycles. The summed E-state index contributed by atoms with van der Waals surface area (Å²) in [5.41, 5.74) is 0.800. The number of rotatable bonds is 4. The molecule has 1 fully saturated rings. The van der Waals surface area contributed by atoms with Crippen LogP contribution in [0.1, 0.15) is 6.92 Å². The van der Waals surface area contributed by atoms with Crippen LogP contribution in [0.15, 0.2) is 30.6 Å². The predicted molar refractivity (Wildman–Crippen MR) is 82.0 cm³/mol. The molecule has 7 nitrogen and oxygen atoms in total. The third-order valence-corrected chi connectivity index (χ3v) is 3.59. The fourth-order valence-corrected chi connectivity index (χ4v) is 2.47. The van der Waals surface area contributed by atoms with Crippen molar-refractivity contribution in [2.24, 2.45) is 0 Å². The number of imidazole rings is 1. The lowest BCUT2D eigenvalue weighted by atomic mass is 10.3. The molecule has 1 atom stereocenters. The van der Waals surface area contributed by atoms with Crippen LogP contribution in [0.3, 0.4) is 0 Å². The number of ether oxygens (including phenoxy) is 2. The van der Waals surface area contributed by atoms with E-state index in [0.29, 0.717) is 38.7 Å². The average Bonchev–Trinajstić information content (AvgIpc) is 2.96. The monoisotopic (exact) mass is 304 g/mol. The second kappa shape index (κ2) is 6.76. The Labute approximate surface area is 128 Å². The van der Waals surface area contributed by atoms with E-state index < -0.39 is 0 Å². The highest BCUT2D eigenvalue weighted by Crippen LogP contribution is 2.13. The smallest absolute Gasteiger partial charge is 0.323 e. The Morgan fingerprint density at radius 1 is 1.55 bits per heavy atom. The van der Waals surface area contributed by atoms with E-state index >= 15 is 0 Å². The quantitative estimate of drug-likeness (QED) is 0.931. The third kappa shape index (κ3) is 3.20. The Kier molecular flexibility index (Phi) is 4.55. The maximum Gasteiger partial charge on any atom is 0.323 e. The number of hydrogen-bond donors (Lipinski definition) is 1. The summed E-state index contributed by atoms with van der Waals surface area (Å²) in [6.07, 6.45) is 3.46. The first-order chi connectivity index (χ1) is 10.8. The number of pyridine rings is 1. The van der Waals surface area contributed by atoms with E-state index in [1.54, 1.807) is 11.1 Å². The van der Waals surface area contributed by atoms with Gasteiger partial charge >= 0.3 is 6.03 Å². The van der Waals surface area contributed by atoms with Crippen molar-refractivity contribution < 1.29 is 14.3 Å². The molecule has 0 spiro atoms. The lowest BCUT2D eigenvalue weighted by Crippen LogP contribution is -2.48. The fourth-order valence-electron chi connectivity index (χ4n) is 2.47. The van der Waals surface area contributed by atoms with E-state index in [9.17, 15) is 4.79 Å². The number of aromatic nitrogens is 2. The maximum absolute atomic E-state index is 12.4. The second-order valence-corrected chi connectivity index (χ2v) is 5.10. The van der Waals surface area contributed by atoms with Gasteiger partial charge < -0.3 is 14.4 Å². The van der Waals surface area contributed by atoms with E-state index in [1.165, 1.54) is 0 Å². The molecule has 0 aliphatic carbocycles. The van der Waals surface area contributed by atoms with Gasteiger partial charge in [-0.15, -0.1) is 0 Å². The summed E-state index contributed by atoms with van der Waals surface area (Å²) in [6.45, 7) is 4.73. The van der Waals surface area contributed by atoms with Gasteiger partial charge in [0.1, 0.15) is 11.5 Å². The summed E-state index contributed by atoms with van der Waals surface area (Å²) in [4.78, 5) is 18.4. The molecule has 118 valence electrons. The summed E-state index contributed by atoms with van der Waals surface area (Å²) >= 11 is 0. The molecule has 1 aliphatic heterocycles. The van der Waals surface area contributed by atoms with Crippen LogP contribution < -0.4 is 5.32 Å². The Morgan fingerprint density at radius 3 is 3.32 bits per heavy atom. The molecule has 0 saturated carbocycles. The first-order valence-corrected chi connectivity index (χ1v) is 7.45.